The summed E-state index contributed by atoms with van der Waals surface area (Å²) in [5.74, 6) is -0.754. The molecule has 2 aromatic carbocycles. The van der Waals surface area contributed by atoms with Crippen LogP contribution < -0.4 is 5.32 Å². The molecule has 1 aliphatic rings. The van der Waals surface area contributed by atoms with E-state index < -0.39 is 5.79 Å². The Bertz CT molecular complexity index is 906. The van der Waals surface area contributed by atoms with Crippen molar-refractivity contribution in [2.75, 3.05) is 0 Å². The van der Waals surface area contributed by atoms with E-state index in [4.69, 9.17) is 14.5 Å². The zero-order chi connectivity index (χ0) is 22.4. The van der Waals surface area contributed by atoms with Crippen LogP contribution in [0.2, 0.25) is 0 Å². The van der Waals surface area contributed by atoms with Gasteiger partial charge in [-0.2, -0.15) is 0 Å². The van der Waals surface area contributed by atoms with Gasteiger partial charge in [0.05, 0.1) is 18.9 Å². The average Bonchev–Trinajstić information content (AvgIpc) is 2.78. The summed E-state index contributed by atoms with van der Waals surface area (Å²) in [7, 11) is 0. The maximum Gasteiger partial charge on any atom is 0.228 e. The molecule has 1 aliphatic heterocycles. The molecule has 1 heterocycles. The maximum absolute atomic E-state index is 12.3. The van der Waals surface area contributed by atoms with Gasteiger partial charge in [-0.05, 0) is 30.5 Å². The van der Waals surface area contributed by atoms with Gasteiger partial charge in [-0.3, -0.25) is 4.79 Å². The Morgan fingerprint density at radius 1 is 0.968 bits per heavy atom. The SMILES string of the molecule is CC1=NC(NC(=O)C(C)C)=C(C)C(C)C1(OCc1ccccc1)OCc1ccccc1. The fourth-order valence-electron chi connectivity index (χ4n) is 3.55. The molecule has 0 bridgehead atoms. The minimum Gasteiger partial charge on any atom is -0.340 e. The van der Waals surface area contributed by atoms with Crippen molar-refractivity contribution in [3.8, 4) is 0 Å². The van der Waals surface area contributed by atoms with Crippen LogP contribution in [0.25, 0.3) is 0 Å². The number of carbonyl (C=O) groups excluding carboxylic acids is 1. The molecule has 164 valence electrons. The molecule has 5 nitrogen and oxygen atoms in total. The number of ether oxygens (including phenoxy) is 2. The number of nitrogens with zero attached hydrogens (tertiary/aromatic N) is 1. The first-order chi connectivity index (χ1) is 14.8. The molecule has 1 unspecified atom stereocenters. The Kier molecular flexibility index (Phi) is 7.42. The molecular weight excluding hydrogens is 388 g/mol. The van der Waals surface area contributed by atoms with Gasteiger partial charge in [0.1, 0.15) is 5.82 Å². The van der Waals surface area contributed by atoms with E-state index in [-0.39, 0.29) is 17.7 Å². The van der Waals surface area contributed by atoms with Crippen molar-refractivity contribution in [1.82, 2.24) is 5.32 Å². The molecule has 5 heteroatoms. The summed E-state index contributed by atoms with van der Waals surface area (Å²) < 4.78 is 12.9. The zero-order valence-electron chi connectivity index (χ0n) is 19.0. The van der Waals surface area contributed by atoms with Gasteiger partial charge in [0, 0.05) is 11.8 Å². The van der Waals surface area contributed by atoms with Crippen LogP contribution in [0.5, 0.6) is 0 Å². The van der Waals surface area contributed by atoms with Crippen LogP contribution in [0.4, 0.5) is 0 Å². The lowest BCUT2D eigenvalue weighted by atomic mass is 9.87. The second-order valence-electron chi connectivity index (χ2n) is 8.31. The van der Waals surface area contributed by atoms with Gasteiger partial charge in [-0.15, -0.1) is 0 Å². The number of amides is 1. The molecule has 2 aromatic rings. The molecule has 1 atom stereocenters. The topological polar surface area (TPSA) is 59.9 Å². The van der Waals surface area contributed by atoms with Crippen molar-refractivity contribution in [3.63, 3.8) is 0 Å². The molecule has 31 heavy (non-hydrogen) atoms. The Balaban J connectivity index is 1.90. The van der Waals surface area contributed by atoms with Crippen LogP contribution >= 0.6 is 0 Å². The fourth-order valence-corrected chi connectivity index (χ4v) is 3.55. The smallest absolute Gasteiger partial charge is 0.228 e. The number of hydrogen-bond donors (Lipinski definition) is 1. The predicted molar refractivity (Wildman–Crippen MR) is 123 cm³/mol. The van der Waals surface area contributed by atoms with Crippen LogP contribution in [-0.4, -0.2) is 17.4 Å². The number of nitrogens with one attached hydrogen (secondary N) is 1. The summed E-state index contributed by atoms with van der Waals surface area (Å²) >= 11 is 0. The van der Waals surface area contributed by atoms with Crippen molar-refractivity contribution < 1.29 is 14.3 Å². The summed E-state index contributed by atoms with van der Waals surface area (Å²) in [6.07, 6.45) is 0. The van der Waals surface area contributed by atoms with Crippen molar-refractivity contribution in [2.24, 2.45) is 16.8 Å². The second kappa shape index (κ2) is 10.0. The van der Waals surface area contributed by atoms with Gasteiger partial charge < -0.3 is 14.8 Å². The average molecular weight is 421 g/mol. The Morgan fingerprint density at radius 2 is 1.45 bits per heavy atom. The van der Waals surface area contributed by atoms with E-state index in [0.717, 1.165) is 16.7 Å². The van der Waals surface area contributed by atoms with Crippen LogP contribution in [0, 0.1) is 11.8 Å². The number of rotatable bonds is 8. The monoisotopic (exact) mass is 420 g/mol. The number of carbonyl (C=O) groups is 1. The maximum atomic E-state index is 12.3. The quantitative estimate of drug-likeness (QED) is 0.595. The molecule has 0 aliphatic carbocycles. The molecule has 3 rings (SSSR count). The van der Waals surface area contributed by atoms with Gasteiger partial charge in [0.25, 0.3) is 0 Å². The summed E-state index contributed by atoms with van der Waals surface area (Å²) in [6.45, 7) is 10.5. The van der Waals surface area contributed by atoms with Crippen molar-refractivity contribution >= 4 is 11.6 Å². The van der Waals surface area contributed by atoms with Crippen molar-refractivity contribution in [3.05, 3.63) is 83.2 Å². The highest BCUT2D eigenvalue weighted by atomic mass is 16.7. The van der Waals surface area contributed by atoms with E-state index in [0.29, 0.717) is 24.7 Å². The zero-order valence-corrected chi connectivity index (χ0v) is 19.0. The fraction of sp³-hybridized carbons (Fsp3) is 0.385. The highest BCUT2D eigenvalue weighted by Gasteiger charge is 2.46. The summed E-state index contributed by atoms with van der Waals surface area (Å²) in [5, 5.41) is 2.96. The first-order valence-corrected chi connectivity index (χ1v) is 10.8. The third-order valence-corrected chi connectivity index (χ3v) is 5.74. The molecule has 1 amide bonds. The first-order valence-electron chi connectivity index (χ1n) is 10.8. The van der Waals surface area contributed by atoms with Gasteiger partial charge in [0.15, 0.2) is 0 Å². The van der Waals surface area contributed by atoms with Gasteiger partial charge in [-0.1, -0.05) is 81.4 Å². The Labute approximate surface area is 185 Å². The van der Waals surface area contributed by atoms with Crippen LogP contribution in [0.3, 0.4) is 0 Å². The Hall–Kier alpha value is -2.76. The third kappa shape index (κ3) is 5.30. The van der Waals surface area contributed by atoms with Gasteiger partial charge in [0.2, 0.25) is 11.7 Å². The molecule has 0 saturated heterocycles. The Morgan fingerprint density at radius 3 is 1.90 bits per heavy atom. The normalized spacial score (nSPS) is 18.1. The number of aliphatic imine (C=N–C) groups is 1. The molecule has 0 radical (unpaired) electrons. The van der Waals surface area contributed by atoms with E-state index in [2.05, 4.69) is 12.2 Å². The summed E-state index contributed by atoms with van der Waals surface area (Å²) in [4.78, 5) is 17.0. The number of hydrogen-bond acceptors (Lipinski definition) is 4. The van der Waals surface area contributed by atoms with E-state index in [1.165, 1.54) is 0 Å². The molecular formula is C26H32N2O3. The van der Waals surface area contributed by atoms with E-state index >= 15 is 0 Å². The lowest BCUT2D eigenvalue weighted by molar-refractivity contribution is -0.224. The standard InChI is InChI=1S/C26H32N2O3/c1-18(2)25(29)28-24-19(3)20(4)26(21(5)27-24,30-16-22-12-8-6-9-13-22)31-17-23-14-10-7-11-15-23/h6-15,18,20H,16-17H2,1-5H3,(H,28,29). The van der Waals surface area contributed by atoms with E-state index in [1.807, 2.05) is 88.4 Å². The molecule has 0 aromatic heterocycles. The van der Waals surface area contributed by atoms with E-state index in [1.54, 1.807) is 0 Å². The molecule has 0 spiro atoms. The van der Waals surface area contributed by atoms with Crippen LogP contribution in [-0.2, 0) is 27.5 Å². The van der Waals surface area contributed by atoms with Crippen molar-refractivity contribution in [1.29, 1.82) is 0 Å². The largest absolute Gasteiger partial charge is 0.340 e. The predicted octanol–water partition coefficient (Wildman–Crippen LogP) is 5.23. The lowest BCUT2D eigenvalue weighted by Gasteiger charge is -2.42. The molecule has 0 saturated carbocycles. The van der Waals surface area contributed by atoms with Crippen LogP contribution in [0.15, 0.2) is 77.1 Å². The highest BCUT2D eigenvalue weighted by molar-refractivity contribution is 5.92. The number of benzene rings is 2. The minimum atomic E-state index is -1.03. The van der Waals surface area contributed by atoms with Gasteiger partial charge >= 0.3 is 0 Å². The minimum absolute atomic E-state index is 0.0546. The second-order valence-corrected chi connectivity index (χ2v) is 8.31. The van der Waals surface area contributed by atoms with Gasteiger partial charge in [-0.25, -0.2) is 4.99 Å². The molecule has 1 N–H and O–H groups in total. The third-order valence-electron chi connectivity index (χ3n) is 5.74. The summed E-state index contributed by atoms with van der Waals surface area (Å²) in [5.41, 5.74) is 3.74. The highest BCUT2D eigenvalue weighted by Crippen LogP contribution is 2.38. The van der Waals surface area contributed by atoms with E-state index in [9.17, 15) is 4.79 Å². The summed E-state index contributed by atoms with van der Waals surface area (Å²) in [6, 6.07) is 20.1. The lowest BCUT2D eigenvalue weighted by Crippen LogP contribution is -2.52. The van der Waals surface area contributed by atoms with Crippen LogP contribution in [0.1, 0.15) is 45.7 Å². The first kappa shape index (κ1) is 22.9. The van der Waals surface area contributed by atoms with Crippen molar-refractivity contribution in [2.45, 2.75) is 53.6 Å². The molecule has 0 fully saturated rings.